The standard InChI is InChI=1S/C22H19NO7/c1-22(2,3)30-21(25)23-15(19-13-28-16-8-4-5-9-17(16)29-19)12-27-18(20(23)24)11-14-7-6-10-26-14/h4-13H,1-3H3/b18-11-. The molecule has 4 rings (SSSR count). The van der Waals surface area contributed by atoms with Crippen LogP contribution in [0.2, 0.25) is 0 Å². The molecule has 8 heteroatoms. The molecule has 2 amide bonds. The first-order valence-electron chi connectivity index (χ1n) is 9.15. The van der Waals surface area contributed by atoms with Gasteiger partial charge in [-0.1, -0.05) is 12.1 Å². The van der Waals surface area contributed by atoms with Gasteiger partial charge in [0, 0.05) is 6.08 Å². The Morgan fingerprint density at radius 2 is 1.80 bits per heavy atom. The molecule has 2 aliphatic rings. The van der Waals surface area contributed by atoms with Gasteiger partial charge in [0.2, 0.25) is 0 Å². The fraction of sp³-hybridized carbons (Fsp3) is 0.182. The molecule has 0 saturated carbocycles. The van der Waals surface area contributed by atoms with Crippen LogP contribution in [-0.2, 0) is 14.3 Å². The van der Waals surface area contributed by atoms with Crippen molar-refractivity contribution in [3.05, 3.63) is 78.2 Å². The molecule has 0 bridgehead atoms. The largest absolute Gasteiger partial charge is 0.465 e. The lowest BCUT2D eigenvalue weighted by molar-refractivity contribution is -0.128. The first-order valence-corrected chi connectivity index (χ1v) is 9.15. The zero-order chi connectivity index (χ0) is 21.3. The average molecular weight is 409 g/mol. The summed E-state index contributed by atoms with van der Waals surface area (Å²) in [4.78, 5) is 26.8. The van der Waals surface area contributed by atoms with E-state index in [0.29, 0.717) is 17.3 Å². The first kappa shape index (κ1) is 19.4. The quantitative estimate of drug-likeness (QED) is 0.672. The first-order chi connectivity index (χ1) is 14.3. The van der Waals surface area contributed by atoms with Crippen molar-refractivity contribution in [2.75, 3.05) is 0 Å². The Hall–Kier alpha value is -3.94. The number of rotatable bonds is 2. The van der Waals surface area contributed by atoms with Gasteiger partial charge in [-0.05, 0) is 45.0 Å². The molecule has 0 atom stereocenters. The molecule has 0 radical (unpaired) electrons. The molecule has 0 unspecified atom stereocenters. The number of nitrogens with zero attached hydrogens (tertiary/aromatic N) is 1. The van der Waals surface area contributed by atoms with Gasteiger partial charge < -0.3 is 23.4 Å². The van der Waals surface area contributed by atoms with Crippen molar-refractivity contribution in [1.29, 1.82) is 0 Å². The van der Waals surface area contributed by atoms with Crippen LogP contribution in [0.5, 0.6) is 11.5 Å². The van der Waals surface area contributed by atoms with Gasteiger partial charge in [-0.3, -0.25) is 4.79 Å². The summed E-state index contributed by atoms with van der Waals surface area (Å²) in [5.74, 6) is 0.602. The second-order valence-corrected chi connectivity index (χ2v) is 7.41. The number of carbonyl (C=O) groups is 2. The van der Waals surface area contributed by atoms with Crippen LogP contribution in [0.3, 0.4) is 0 Å². The van der Waals surface area contributed by atoms with Gasteiger partial charge in [-0.2, -0.15) is 0 Å². The molecule has 1 aromatic heterocycles. The van der Waals surface area contributed by atoms with E-state index in [0.717, 1.165) is 4.90 Å². The van der Waals surface area contributed by atoms with Crippen molar-refractivity contribution in [3.63, 3.8) is 0 Å². The minimum absolute atomic E-state index is 0.0420. The van der Waals surface area contributed by atoms with Crippen LogP contribution < -0.4 is 9.47 Å². The van der Waals surface area contributed by atoms with Crippen molar-refractivity contribution >= 4 is 18.1 Å². The van der Waals surface area contributed by atoms with Crippen LogP contribution in [0, 0.1) is 0 Å². The zero-order valence-corrected chi connectivity index (χ0v) is 16.6. The number of fused-ring (bicyclic) bond motifs is 1. The lowest BCUT2D eigenvalue weighted by atomic mass is 10.2. The molecular weight excluding hydrogens is 390 g/mol. The topological polar surface area (TPSA) is 87.4 Å². The van der Waals surface area contributed by atoms with Crippen LogP contribution in [0.1, 0.15) is 26.5 Å². The van der Waals surface area contributed by atoms with Crippen LogP contribution in [0.15, 0.2) is 76.8 Å². The lowest BCUT2D eigenvalue weighted by Crippen LogP contribution is -2.44. The van der Waals surface area contributed by atoms with Crippen LogP contribution in [0.4, 0.5) is 4.79 Å². The van der Waals surface area contributed by atoms with Crippen molar-refractivity contribution in [2.24, 2.45) is 0 Å². The number of furan rings is 1. The summed E-state index contributed by atoms with van der Waals surface area (Å²) in [5, 5.41) is 0. The molecule has 0 saturated heterocycles. The van der Waals surface area contributed by atoms with Crippen molar-refractivity contribution in [2.45, 2.75) is 26.4 Å². The number of para-hydroxylation sites is 2. The molecule has 0 fully saturated rings. The Bertz CT molecular complexity index is 1070. The maximum absolute atomic E-state index is 13.1. The fourth-order valence-electron chi connectivity index (χ4n) is 2.70. The predicted octanol–water partition coefficient (Wildman–Crippen LogP) is 4.57. The van der Waals surface area contributed by atoms with E-state index in [2.05, 4.69) is 0 Å². The highest BCUT2D eigenvalue weighted by Crippen LogP contribution is 2.36. The second kappa shape index (κ2) is 7.47. The molecule has 1 aromatic carbocycles. The summed E-state index contributed by atoms with van der Waals surface area (Å²) >= 11 is 0. The van der Waals surface area contributed by atoms with Crippen LogP contribution >= 0.6 is 0 Å². The number of benzene rings is 1. The third-order valence-corrected chi connectivity index (χ3v) is 3.96. The monoisotopic (exact) mass is 409 g/mol. The minimum Gasteiger partial charge on any atom is -0.465 e. The maximum Gasteiger partial charge on any atom is 0.422 e. The number of amides is 2. The van der Waals surface area contributed by atoms with Gasteiger partial charge in [0.15, 0.2) is 23.0 Å². The highest BCUT2D eigenvalue weighted by molar-refractivity contribution is 6.06. The zero-order valence-electron chi connectivity index (χ0n) is 16.6. The van der Waals surface area contributed by atoms with Gasteiger partial charge in [-0.25, -0.2) is 9.69 Å². The SMILES string of the molecule is CC(C)(C)OC(=O)N1C(=O)/C(=C/c2ccco2)OC=C1C1=COc2ccccc2O1. The van der Waals surface area contributed by atoms with E-state index < -0.39 is 17.6 Å². The van der Waals surface area contributed by atoms with E-state index in [4.69, 9.17) is 23.4 Å². The van der Waals surface area contributed by atoms with Gasteiger partial charge in [0.05, 0.1) is 6.26 Å². The molecule has 0 aliphatic carbocycles. The summed E-state index contributed by atoms with van der Waals surface area (Å²) in [6.07, 6.45) is 4.49. The summed E-state index contributed by atoms with van der Waals surface area (Å²) in [5.41, 5.74) is -0.781. The van der Waals surface area contributed by atoms with E-state index in [1.165, 1.54) is 24.9 Å². The van der Waals surface area contributed by atoms with E-state index >= 15 is 0 Å². The van der Waals surface area contributed by atoms with E-state index in [1.807, 2.05) is 0 Å². The minimum atomic E-state index is -0.879. The van der Waals surface area contributed by atoms with Crippen molar-refractivity contribution in [1.82, 2.24) is 4.90 Å². The Kier molecular flexibility index (Phi) is 4.83. The number of carbonyl (C=O) groups excluding carboxylic acids is 2. The Morgan fingerprint density at radius 1 is 1.03 bits per heavy atom. The number of hydrogen-bond donors (Lipinski definition) is 0. The van der Waals surface area contributed by atoms with Crippen LogP contribution in [0.25, 0.3) is 6.08 Å². The van der Waals surface area contributed by atoms with Crippen molar-refractivity contribution in [3.8, 4) is 11.5 Å². The van der Waals surface area contributed by atoms with E-state index in [-0.39, 0.29) is 17.2 Å². The maximum atomic E-state index is 13.1. The van der Waals surface area contributed by atoms with Gasteiger partial charge in [0.25, 0.3) is 0 Å². The number of ether oxygens (including phenoxy) is 4. The number of imide groups is 1. The second-order valence-electron chi connectivity index (χ2n) is 7.41. The molecule has 0 N–H and O–H groups in total. The normalized spacial score (nSPS) is 17.2. The highest BCUT2D eigenvalue weighted by atomic mass is 16.6. The van der Waals surface area contributed by atoms with Crippen molar-refractivity contribution < 1.29 is 33.0 Å². The summed E-state index contributed by atoms with van der Waals surface area (Å²) in [7, 11) is 0. The molecule has 30 heavy (non-hydrogen) atoms. The third-order valence-electron chi connectivity index (χ3n) is 3.96. The Labute approximate surface area is 172 Å². The van der Waals surface area contributed by atoms with Gasteiger partial charge in [0.1, 0.15) is 29.6 Å². The molecular formula is C22H19NO7. The number of hydrogen-bond acceptors (Lipinski definition) is 7. The third kappa shape index (κ3) is 3.93. The van der Waals surface area contributed by atoms with Gasteiger partial charge >= 0.3 is 12.0 Å². The Morgan fingerprint density at radius 3 is 2.50 bits per heavy atom. The summed E-state index contributed by atoms with van der Waals surface area (Å²) in [6, 6.07) is 10.3. The lowest BCUT2D eigenvalue weighted by Gasteiger charge is -2.31. The summed E-state index contributed by atoms with van der Waals surface area (Å²) < 4.78 is 27.5. The molecule has 2 aliphatic heterocycles. The molecule has 8 nitrogen and oxygen atoms in total. The smallest absolute Gasteiger partial charge is 0.422 e. The highest BCUT2D eigenvalue weighted by Gasteiger charge is 2.39. The molecule has 2 aromatic rings. The molecule has 0 spiro atoms. The Balaban J connectivity index is 1.70. The van der Waals surface area contributed by atoms with Crippen LogP contribution in [-0.4, -0.2) is 22.5 Å². The van der Waals surface area contributed by atoms with E-state index in [9.17, 15) is 9.59 Å². The summed E-state index contributed by atoms with van der Waals surface area (Å²) in [6.45, 7) is 5.11. The predicted molar refractivity (Wildman–Crippen MR) is 105 cm³/mol. The molecule has 3 heterocycles. The molecule has 154 valence electrons. The van der Waals surface area contributed by atoms with Gasteiger partial charge in [-0.15, -0.1) is 0 Å². The average Bonchev–Trinajstić information content (AvgIpc) is 3.20. The van der Waals surface area contributed by atoms with E-state index in [1.54, 1.807) is 57.2 Å². The fourth-order valence-corrected chi connectivity index (χ4v) is 2.70.